The van der Waals surface area contributed by atoms with Gasteiger partial charge in [-0.15, -0.1) is 0 Å². The van der Waals surface area contributed by atoms with Crippen LogP contribution in [0.15, 0.2) is 194 Å². The Morgan fingerprint density at radius 1 is 0.269 bits per heavy atom. The molecule has 244 valence electrons. The molecule has 7 aromatic carbocycles. The Morgan fingerprint density at radius 3 is 1.19 bits per heavy atom. The lowest BCUT2D eigenvalue weighted by Gasteiger charge is -2.13. The molecule has 0 aliphatic carbocycles. The number of benzene rings is 7. The van der Waals surface area contributed by atoms with Crippen molar-refractivity contribution in [3.05, 3.63) is 194 Å². The number of nitrogens with zero attached hydrogens (tertiary/aromatic N) is 4. The lowest BCUT2D eigenvalue weighted by molar-refractivity contribution is 1.07. The zero-order valence-corrected chi connectivity index (χ0v) is 28.3. The van der Waals surface area contributed by atoms with Crippen LogP contribution in [-0.4, -0.2) is 19.9 Å². The average molecular weight is 665 g/mol. The zero-order valence-electron chi connectivity index (χ0n) is 28.3. The van der Waals surface area contributed by atoms with E-state index in [4.69, 9.17) is 15.0 Å². The van der Waals surface area contributed by atoms with Gasteiger partial charge in [-0.25, -0.2) is 15.0 Å². The third kappa shape index (κ3) is 6.26. The first kappa shape index (κ1) is 31.0. The molecule has 0 bridgehead atoms. The minimum atomic E-state index is 0.603. The summed E-state index contributed by atoms with van der Waals surface area (Å²) >= 11 is 0. The summed E-state index contributed by atoms with van der Waals surface area (Å²) in [6, 6.07) is 63.1. The van der Waals surface area contributed by atoms with Crippen LogP contribution >= 0.6 is 0 Å². The summed E-state index contributed by atoms with van der Waals surface area (Å²) in [5.74, 6) is 1.84. The molecule has 0 N–H and O–H groups in total. The highest BCUT2D eigenvalue weighted by Gasteiger charge is 2.16. The zero-order chi connectivity index (χ0) is 34.7. The molecule has 0 unspecified atom stereocenters. The highest BCUT2D eigenvalue weighted by Crippen LogP contribution is 2.36. The summed E-state index contributed by atoms with van der Waals surface area (Å²) in [6.07, 6.45) is 3.86. The van der Waals surface area contributed by atoms with E-state index in [1.54, 1.807) is 0 Å². The topological polar surface area (TPSA) is 51.6 Å². The Kier molecular flexibility index (Phi) is 8.16. The van der Waals surface area contributed by atoms with Crippen LogP contribution in [0, 0.1) is 0 Å². The fourth-order valence-corrected chi connectivity index (χ4v) is 6.70. The summed E-state index contributed by atoms with van der Waals surface area (Å²) in [7, 11) is 0. The second-order valence-electron chi connectivity index (χ2n) is 12.8. The van der Waals surface area contributed by atoms with Gasteiger partial charge < -0.3 is 0 Å². The van der Waals surface area contributed by atoms with Gasteiger partial charge in [-0.2, -0.15) is 0 Å². The summed E-state index contributed by atoms with van der Waals surface area (Å²) in [5.41, 5.74) is 11.6. The molecular weight excluding hydrogens is 633 g/mol. The van der Waals surface area contributed by atoms with Crippen molar-refractivity contribution in [3.63, 3.8) is 0 Å². The quantitative estimate of drug-likeness (QED) is 0.170. The third-order valence-corrected chi connectivity index (χ3v) is 9.41. The molecule has 2 heterocycles. The summed E-state index contributed by atoms with van der Waals surface area (Å²) in [4.78, 5) is 20.0. The number of fused-ring (bicyclic) bond motifs is 1. The Bertz CT molecular complexity index is 2530. The van der Waals surface area contributed by atoms with Crippen molar-refractivity contribution >= 4 is 10.8 Å². The van der Waals surface area contributed by atoms with Gasteiger partial charge in [0.1, 0.15) is 0 Å². The molecule has 0 saturated carbocycles. The van der Waals surface area contributed by atoms with E-state index in [2.05, 4.69) is 163 Å². The van der Waals surface area contributed by atoms with Crippen molar-refractivity contribution in [2.75, 3.05) is 0 Å². The molecule has 0 aliphatic rings. The van der Waals surface area contributed by atoms with Crippen molar-refractivity contribution in [1.29, 1.82) is 0 Å². The summed E-state index contributed by atoms with van der Waals surface area (Å²) in [5, 5.41) is 2.23. The monoisotopic (exact) mass is 664 g/mol. The first-order chi connectivity index (χ1) is 25.7. The number of pyridine rings is 1. The molecule has 9 rings (SSSR count). The molecule has 4 nitrogen and oxygen atoms in total. The Morgan fingerprint density at radius 2 is 0.654 bits per heavy atom. The van der Waals surface area contributed by atoms with Gasteiger partial charge in [-0.05, 0) is 62.5 Å². The molecule has 0 atom stereocenters. The van der Waals surface area contributed by atoms with Crippen LogP contribution in [0.25, 0.3) is 89.4 Å². The fourth-order valence-electron chi connectivity index (χ4n) is 6.70. The molecule has 4 heteroatoms. The lowest BCUT2D eigenvalue weighted by Crippen LogP contribution is -2.01. The maximum atomic E-state index is 5.16. The molecule has 2 aromatic heterocycles. The van der Waals surface area contributed by atoms with E-state index in [-0.39, 0.29) is 0 Å². The molecule has 52 heavy (non-hydrogen) atoms. The molecule has 0 saturated heterocycles. The van der Waals surface area contributed by atoms with Gasteiger partial charge in [0.2, 0.25) is 0 Å². The van der Waals surface area contributed by atoms with Crippen LogP contribution in [0.2, 0.25) is 0 Å². The second kappa shape index (κ2) is 13.7. The van der Waals surface area contributed by atoms with Crippen LogP contribution in [0.5, 0.6) is 0 Å². The van der Waals surface area contributed by atoms with E-state index in [9.17, 15) is 0 Å². The third-order valence-electron chi connectivity index (χ3n) is 9.41. The molecule has 0 fully saturated rings. The van der Waals surface area contributed by atoms with E-state index >= 15 is 0 Å². The second-order valence-corrected chi connectivity index (χ2v) is 12.8. The predicted octanol–water partition coefficient (Wildman–Crippen LogP) is 12.1. The van der Waals surface area contributed by atoms with Crippen molar-refractivity contribution in [1.82, 2.24) is 19.9 Å². The highest BCUT2D eigenvalue weighted by molar-refractivity contribution is 5.97. The standard InChI is InChI=1S/C48H32N4/c1-4-12-33(13-5-1)36-20-24-38(25-21-36)46-50-47(39-26-22-37(23-27-39)34-14-6-2-7-15-34)52-48(51-46)43-29-41(35-16-8-3-9-17-35)28-42(30-43)45-32-49-31-40-18-10-11-19-44(40)45/h1-32H. The normalized spacial score (nSPS) is 11.1. The summed E-state index contributed by atoms with van der Waals surface area (Å²) in [6.45, 7) is 0. The van der Waals surface area contributed by atoms with Gasteiger partial charge >= 0.3 is 0 Å². The van der Waals surface area contributed by atoms with Gasteiger partial charge in [0.25, 0.3) is 0 Å². The molecule has 0 spiro atoms. The van der Waals surface area contributed by atoms with Gasteiger partial charge in [-0.1, -0.05) is 164 Å². The Labute approximate surface area is 302 Å². The molecule has 0 amide bonds. The maximum Gasteiger partial charge on any atom is 0.164 e. The average Bonchev–Trinajstić information content (AvgIpc) is 3.24. The minimum absolute atomic E-state index is 0.603. The lowest BCUT2D eigenvalue weighted by atomic mass is 9.94. The number of hydrogen-bond donors (Lipinski definition) is 0. The first-order valence-electron chi connectivity index (χ1n) is 17.4. The smallest absolute Gasteiger partial charge is 0.164 e. The van der Waals surface area contributed by atoms with Crippen molar-refractivity contribution in [2.45, 2.75) is 0 Å². The molecule has 0 aliphatic heterocycles. The van der Waals surface area contributed by atoms with Crippen molar-refractivity contribution in [2.24, 2.45) is 0 Å². The fraction of sp³-hybridized carbons (Fsp3) is 0. The summed E-state index contributed by atoms with van der Waals surface area (Å²) < 4.78 is 0. The minimum Gasteiger partial charge on any atom is -0.263 e. The predicted molar refractivity (Wildman–Crippen MR) is 213 cm³/mol. The van der Waals surface area contributed by atoms with Crippen molar-refractivity contribution < 1.29 is 0 Å². The van der Waals surface area contributed by atoms with Crippen LogP contribution in [0.1, 0.15) is 0 Å². The van der Waals surface area contributed by atoms with Crippen LogP contribution in [-0.2, 0) is 0 Å². The Balaban J connectivity index is 1.22. The van der Waals surface area contributed by atoms with E-state index in [1.807, 2.05) is 36.7 Å². The van der Waals surface area contributed by atoms with Crippen LogP contribution < -0.4 is 0 Å². The number of hydrogen-bond acceptors (Lipinski definition) is 4. The number of aromatic nitrogens is 4. The van der Waals surface area contributed by atoms with E-state index in [0.717, 1.165) is 72.0 Å². The first-order valence-corrected chi connectivity index (χ1v) is 17.4. The maximum absolute atomic E-state index is 5.16. The highest BCUT2D eigenvalue weighted by atomic mass is 15.0. The number of rotatable bonds is 7. The van der Waals surface area contributed by atoms with Gasteiger partial charge in [0.15, 0.2) is 17.5 Å². The Hall–Kier alpha value is -7.04. The molecular formula is C48H32N4. The SMILES string of the molecule is c1ccc(-c2ccc(-c3nc(-c4ccc(-c5ccccc5)cc4)nc(-c4cc(-c5ccccc5)cc(-c5cncc6ccccc56)c4)n3)cc2)cc1. The van der Waals surface area contributed by atoms with E-state index in [0.29, 0.717) is 17.5 Å². The van der Waals surface area contributed by atoms with E-state index < -0.39 is 0 Å². The molecule has 0 radical (unpaired) electrons. The largest absolute Gasteiger partial charge is 0.263 e. The molecule has 9 aromatic rings. The van der Waals surface area contributed by atoms with Gasteiger partial charge in [0.05, 0.1) is 0 Å². The van der Waals surface area contributed by atoms with Crippen LogP contribution in [0.4, 0.5) is 0 Å². The van der Waals surface area contributed by atoms with Gasteiger partial charge in [0, 0.05) is 40.0 Å². The van der Waals surface area contributed by atoms with Crippen LogP contribution in [0.3, 0.4) is 0 Å². The van der Waals surface area contributed by atoms with E-state index in [1.165, 1.54) is 0 Å². The van der Waals surface area contributed by atoms with Gasteiger partial charge in [-0.3, -0.25) is 4.98 Å². The van der Waals surface area contributed by atoms with Crippen molar-refractivity contribution in [3.8, 4) is 78.7 Å².